The van der Waals surface area contributed by atoms with E-state index in [0.717, 1.165) is 5.69 Å². The average molecular weight is 226 g/mol. The van der Waals surface area contributed by atoms with E-state index in [1.807, 2.05) is 23.1 Å². The van der Waals surface area contributed by atoms with Gasteiger partial charge in [-0.15, -0.1) is 0 Å². The third-order valence-corrected chi connectivity index (χ3v) is 3.13. The largest absolute Gasteiger partial charge is 0.297 e. The second-order valence-electron chi connectivity index (χ2n) is 4.47. The van der Waals surface area contributed by atoms with Crippen LogP contribution in [0.4, 0.5) is 8.78 Å². The summed E-state index contributed by atoms with van der Waals surface area (Å²) >= 11 is 0. The molecular weight excluding hydrogens is 210 g/mol. The van der Waals surface area contributed by atoms with E-state index in [1.54, 1.807) is 13.1 Å². The Balaban J connectivity index is 1.94. The molecule has 1 aromatic rings. The number of hydrogen-bond acceptors (Lipinski definition) is 2. The normalized spacial score (nSPS) is 25.6. The Labute approximate surface area is 94.3 Å². The molecule has 2 nitrogen and oxygen atoms in total. The van der Waals surface area contributed by atoms with Crippen LogP contribution in [0.1, 0.15) is 19.0 Å². The summed E-state index contributed by atoms with van der Waals surface area (Å²) in [5.74, 6) is -3.06. The summed E-state index contributed by atoms with van der Waals surface area (Å²) in [6.07, 6.45) is 1.69. The quantitative estimate of drug-likeness (QED) is 0.770. The topological polar surface area (TPSA) is 16.1 Å². The van der Waals surface area contributed by atoms with Gasteiger partial charge in [0.1, 0.15) is 0 Å². The Morgan fingerprint density at radius 1 is 1.50 bits per heavy atom. The van der Waals surface area contributed by atoms with E-state index in [2.05, 4.69) is 4.98 Å². The summed E-state index contributed by atoms with van der Waals surface area (Å²) in [7, 11) is 0. The van der Waals surface area contributed by atoms with Gasteiger partial charge in [0.15, 0.2) is 0 Å². The summed E-state index contributed by atoms with van der Waals surface area (Å²) in [5.41, 5.74) is 0.944. The van der Waals surface area contributed by atoms with Crippen molar-refractivity contribution in [3.05, 3.63) is 30.1 Å². The maximum atomic E-state index is 13.3. The molecule has 0 saturated carbocycles. The second-order valence-corrected chi connectivity index (χ2v) is 4.47. The zero-order valence-electron chi connectivity index (χ0n) is 9.37. The first-order valence-electron chi connectivity index (χ1n) is 5.58. The number of likely N-dealkylation sites (tertiary alicyclic amines) is 1. The van der Waals surface area contributed by atoms with Crippen molar-refractivity contribution in [1.82, 2.24) is 9.88 Å². The number of rotatable bonds is 2. The highest BCUT2D eigenvalue weighted by Gasteiger charge is 2.40. The first-order chi connectivity index (χ1) is 7.58. The van der Waals surface area contributed by atoms with Gasteiger partial charge in [-0.05, 0) is 12.1 Å². The molecule has 0 spiro atoms. The van der Waals surface area contributed by atoms with Gasteiger partial charge in [0, 0.05) is 38.2 Å². The van der Waals surface area contributed by atoms with Crippen LogP contribution in [0.5, 0.6) is 0 Å². The van der Waals surface area contributed by atoms with Crippen LogP contribution in [0.15, 0.2) is 24.4 Å². The lowest BCUT2D eigenvalue weighted by Crippen LogP contribution is -2.45. The Morgan fingerprint density at radius 3 is 2.94 bits per heavy atom. The van der Waals surface area contributed by atoms with E-state index in [4.69, 9.17) is 0 Å². The van der Waals surface area contributed by atoms with Gasteiger partial charge in [-0.2, -0.15) is 0 Å². The molecule has 0 radical (unpaired) electrons. The number of halogens is 2. The van der Waals surface area contributed by atoms with Crippen LogP contribution in [0, 0.1) is 5.92 Å². The first kappa shape index (κ1) is 11.5. The van der Waals surface area contributed by atoms with Crippen LogP contribution < -0.4 is 0 Å². The van der Waals surface area contributed by atoms with E-state index >= 15 is 0 Å². The van der Waals surface area contributed by atoms with Crippen molar-refractivity contribution in [3.8, 4) is 0 Å². The molecule has 1 aromatic heterocycles. The minimum absolute atomic E-state index is 0.0407. The molecule has 16 heavy (non-hydrogen) atoms. The van der Waals surface area contributed by atoms with Gasteiger partial charge in [-0.25, -0.2) is 8.78 Å². The SMILES string of the molecule is CC1CN(Cc2ccccn2)CCC1(F)F. The van der Waals surface area contributed by atoms with Crippen LogP contribution in [-0.4, -0.2) is 28.9 Å². The smallest absolute Gasteiger partial charge is 0.253 e. The van der Waals surface area contributed by atoms with E-state index in [1.165, 1.54) is 0 Å². The van der Waals surface area contributed by atoms with Gasteiger partial charge in [0.2, 0.25) is 0 Å². The third-order valence-electron chi connectivity index (χ3n) is 3.13. The number of aromatic nitrogens is 1. The maximum absolute atomic E-state index is 13.3. The fourth-order valence-electron chi connectivity index (χ4n) is 2.03. The lowest BCUT2D eigenvalue weighted by molar-refractivity contribution is -0.100. The van der Waals surface area contributed by atoms with Gasteiger partial charge in [-0.1, -0.05) is 13.0 Å². The Hall–Kier alpha value is -1.03. The predicted octanol–water partition coefficient (Wildman–Crippen LogP) is 2.56. The molecule has 88 valence electrons. The standard InChI is InChI=1S/C12H16F2N2/c1-10-8-16(7-5-12(10,13)14)9-11-4-2-3-6-15-11/h2-4,6,10H,5,7-9H2,1H3. The molecule has 1 fully saturated rings. The van der Waals surface area contributed by atoms with Gasteiger partial charge in [-0.3, -0.25) is 9.88 Å². The highest BCUT2D eigenvalue weighted by Crippen LogP contribution is 2.33. The summed E-state index contributed by atoms with van der Waals surface area (Å²) in [6.45, 7) is 3.18. The summed E-state index contributed by atoms with van der Waals surface area (Å²) in [5, 5.41) is 0. The molecular formula is C12H16F2N2. The lowest BCUT2D eigenvalue weighted by Gasteiger charge is -2.36. The van der Waals surface area contributed by atoms with Crippen molar-refractivity contribution in [3.63, 3.8) is 0 Å². The van der Waals surface area contributed by atoms with E-state index in [0.29, 0.717) is 19.6 Å². The molecule has 1 saturated heterocycles. The Kier molecular flexibility index (Phi) is 3.19. The van der Waals surface area contributed by atoms with Crippen LogP contribution >= 0.6 is 0 Å². The molecule has 1 unspecified atom stereocenters. The van der Waals surface area contributed by atoms with Crippen molar-refractivity contribution < 1.29 is 8.78 Å². The molecule has 1 aliphatic rings. The maximum Gasteiger partial charge on any atom is 0.253 e. The van der Waals surface area contributed by atoms with Crippen LogP contribution in [0.2, 0.25) is 0 Å². The van der Waals surface area contributed by atoms with Crippen molar-refractivity contribution in [2.24, 2.45) is 5.92 Å². The van der Waals surface area contributed by atoms with Crippen molar-refractivity contribution >= 4 is 0 Å². The summed E-state index contributed by atoms with van der Waals surface area (Å²) < 4.78 is 26.5. The van der Waals surface area contributed by atoms with E-state index in [9.17, 15) is 8.78 Å². The minimum Gasteiger partial charge on any atom is -0.297 e. The zero-order valence-corrected chi connectivity index (χ0v) is 9.37. The lowest BCUT2D eigenvalue weighted by atomic mass is 9.95. The molecule has 0 N–H and O–H groups in total. The number of alkyl halides is 2. The van der Waals surface area contributed by atoms with Gasteiger partial charge in [0.25, 0.3) is 5.92 Å². The van der Waals surface area contributed by atoms with Crippen molar-refractivity contribution in [2.45, 2.75) is 25.8 Å². The van der Waals surface area contributed by atoms with Gasteiger partial charge < -0.3 is 0 Å². The molecule has 1 atom stereocenters. The molecule has 0 amide bonds. The van der Waals surface area contributed by atoms with E-state index < -0.39 is 11.8 Å². The third kappa shape index (κ3) is 2.55. The van der Waals surface area contributed by atoms with Crippen molar-refractivity contribution in [1.29, 1.82) is 0 Å². The van der Waals surface area contributed by atoms with Gasteiger partial charge in [0.05, 0.1) is 5.69 Å². The van der Waals surface area contributed by atoms with Crippen LogP contribution in [0.25, 0.3) is 0 Å². The second kappa shape index (κ2) is 4.45. The molecule has 0 bridgehead atoms. The first-order valence-corrected chi connectivity index (χ1v) is 5.58. The van der Waals surface area contributed by atoms with Crippen LogP contribution in [-0.2, 0) is 6.54 Å². The number of nitrogens with zero attached hydrogens (tertiary/aromatic N) is 2. The monoisotopic (exact) mass is 226 g/mol. The zero-order chi connectivity index (χ0) is 11.6. The molecule has 4 heteroatoms. The summed E-state index contributed by atoms with van der Waals surface area (Å²) in [6, 6.07) is 5.71. The number of pyridine rings is 1. The fourth-order valence-corrected chi connectivity index (χ4v) is 2.03. The number of hydrogen-bond donors (Lipinski definition) is 0. The average Bonchev–Trinajstić information content (AvgIpc) is 2.26. The number of piperidine rings is 1. The Bertz CT molecular complexity index is 340. The molecule has 1 aliphatic heterocycles. The fraction of sp³-hybridized carbons (Fsp3) is 0.583. The van der Waals surface area contributed by atoms with Crippen molar-refractivity contribution in [2.75, 3.05) is 13.1 Å². The minimum atomic E-state index is -2.50. The molecule has 0 aliphatic carbocycles. The summed E-state index contributed by atoms with van der Waals surface area (Å²) in [4.78, 5) is 6.25. The predicted molar refractivity (Wildman–Crippen MR) is 58.2 cm³/mol. The molecule has 0 aromatic carbocycles. The van der Waals surface area contributed by atoms with Gasteiger partial charge >= 0.3 is 0 Å². The van der Waals surface area contributed by atoms with E-state index in [-0.39, 0.29) is 6.42 Å². The van der Waals surface area contributed by atoms with Crippen LogP contribution in [0.3, 0.4) is 0 Å². The highest BCUT2D eigenvalue weighted by molar-refractivity contribution is 5.03. The highest BCUT2D eigenvalue weighted by atomic mass is 19.3. The molecule has 2 heterocycles. The molecule has 2 rings (SSSR count). The Morgan fingerprint density at radius 2 is 2.31 bits per heavy atom.